The summed E-state index contributed by atoms with van der Waals surface area (Å²) in [4.78, 5) is 18.5. The van der Waals surface area contributed by atoms with Crippen molar-refractivity contribution in [2.45, 2.75) is 0 Å². The van der Waals surface area contributed by atoms with E-state index in [0.717, 1.165) is 34.9 Å². The average molecular weight is 355 g/mol. The molecule has 0 spiro atoms. The van der Waals surface area contributed by atoms with Gasteiger partial charge in [-0.05, 0) is 29.3 Å². The summed E-state index contributed by atoms with van der Waals surface area (Å²) >= 11 is 0. The van der Waals surface area contributed by atoms with Crippen molar-refractivity contribution < 1.29 is 9.53 Å². The molecule has 1 aliphatic carbocycles. The standard InChI is InChI=1S/C22H17N3O2/c1-27-22(26)15-6-4-5-14(11-15)12-18-16-7-2-3-8-17(16)20-21(18)25-10-9-23-19(25)13-24-20/h2-9,11-13,24H,10H2,1H3. The van der Waals surface area contributed by atoms with E-state index in [1.165, 1.54) is 18.2 Å². The van der Waals surface area contributed by atoms with E-state index >= 15 is 0 Å². The summed E-state index contributed by atoms with van der Waals surface area (Å²) in [7, 11) is 1.40. The van der Waals surface area contributed by atoms with Gasteiger partial charge >= 0.3 is 5.97 Å². The third-order valence-electron chi connectivity index (χ3n) is 4.98. The average Bonchev–Trinajstić information content (AvgIpc) is 3.31. The largest absolute Gasteiger partial charge is 0.465 e. The molecule has 132 valence electrons. The summed E-state index contributed by atoms with van der Waals surface area (Å²) in [5.74, 6) is 0.579. The Bertz CT molecular complexity index is 1090. The second-order valence-corrected chi connectivity index (χ2v) is 6.51. The van der Waals surface area contributed by atoms with Crippen LogP contribution in [0.2, 0.25) is 0 Å². The van der Waals surface area contributed by atoms with E-state index < -0.39 is 0 Å². The first-order chi connectivity index (χ1) is 13.3. The molecule has 5 heteroatoms. The highest BCUT2D eigenvalue weighted by molar-refractivity contribution is 6.06. The predicted octanol–water partition coefficient (Wildman–Crippen LogP) is 3.48. The van der Waals surface area contributed by atoms with E-state index in [9.17, 15) is 4.79 Å². The Labute approximate surface area is 157 Å². The van der Waals surface area contributed by atoms with Gasteiger partial charge in [0.05, 0.1) is 30.6 Å². The molecule has 1 N–H and O–H groups in total. The molecule has 0 bridgehead atoms. The molecule has 0 aromatic heterocycles. The zero-order valence-corrected chi connectivity index (χ0v) is 14.8. The van der Waals surface area contributed by atoms with Crippen LogP contribution in [-0.4, -0.2) is 30.7 Å². The van der Waals surface area contributed by atoms with Crippen molar-refractivity contribution in [2.75, 3.05) is 13.7 Å². The molecule has 0 unspecified atom stereocenters. The van der Waals surface area contributed by atoms with Gasteiger partial charge in [0, 0.05) is 23.6 Å². The van der Waals surface area contributed by atoms with Crippen LogP contribution in [0.3, 0.4) is 0 Å². The second kappa shape index (κ2) is 5.99. The van der Waals surface area contributed by atoms with Crippen molar-refractivity contribution in [3.63, 3.8) is 0 Å². The van der Waals surface area contributed by atoms with Gasteiger partial charge in [-0.1, -0.05) is 36.4 Å². The number of fused-ring (bicyclic) bond motifs is 4. The Morgan fingerprint density at radius 1 is 1.19 bits per heavy atom. The zero-order valence-electron chi connectivity index (χ0n) is 14.8. The number of nitrogens with one attached hydrogen (secondary N) is 1. The third kappa shape index (κ3) is 2.39. The summed E-state index contributed by atoms with van der Waals surface area (Å²) < 4.78 is 4.85. The summed E-state index contributed by atoms with van der Waals surface area (Å²) in [5, 5.41) is 3.41. The molecule has 0 radical (unpaired) electrons. The second-order valence-electron chi connectivity index (χ2n) is 6.51. The Hall–Kier alpha value is -3.60. The Morgan fingerprint density at radius 3 is 2.89 bits per heavy atom. The molecule has 5 rings (SSSR count). The van der Waals surface area contributed by atoms with Crippen molar-refractivity contribution in [3.05, 3.63) is 88.5 Å². The van der Waals surface area contributed by atoms with Gasteiger partial charge < -0.3 is 15.0 Å². The van der Waals surface area contributed by atoms with Gasteiger partial charge in [0.15, 0.2) is 0 Å². The minimum Gasteiger partial charge on any atom is -0.465 e. The molecule has 0 fully saturated rings. The predicted molar refractivity (Wildman–Crippen MR) is 105 cm³/mol. The number of carbonyl (C=O) groups is 1. The normalized spacial score (nSPS) is 18.0. The molecule has 2 heterocycles. The molecule has 2 aliphatic heterocycles. The molecule has 0 saturated carbocycles. The quantitative estimate of drug-likeness (QED) is 0.838. The molecule has 3 aliphatic rings. The van der Waals surface area contributed by atoms with Crippen LogP contribution in [0.25, 0.3) is 17.3 Å². The number of hydrogen-bond acceptors (Lipinski definition) is 5. The Kier molecular flexibility index (Phi) is 3.47. The Morgan fingerprint density at radius 2 is 2.04 bits per heavy atom. The van der Waals surface area contributed by atoms with Crippen LogP contribution >= 0.6 is 0 Å². The van der Waals surface area contributed by atoms with Gasteiger partial charge in [0.1, 0.15) is 5.82 Å². The van der Waals surface area contributed by atoms with E-state index in [2.05, 4.69) is 33.4 Å². The van der Waals surface area contributed by atoms with Crippen molar-refractivity contribution in [1.29, 1.82) is 0 Å². The van der Waals surface area contributed by atoms with Gasteiger partial charge in [-0.2, -0.15) is 0 Å². The molecule has 0 atom stereocenters. The lowest BCUT2D eigenvalue weighted by Gasteiger charge is -2.26. The van der Waals surface area contributed by atoms with Crippen molar-refractivity contribution in [1.82, 2.24) is 10.2 Å². The first kappa shape index (κ1) is 15.6. The van der Waals surface area contributed by atoms with Gasteiger partial charge in [-0.3, -0.25) is 0 Å². The van der Waals surface area contributed by atoms with Crippen LogP contribution in [0.4, 0.5) is 0 Å². The maximum Gasteiger partial charge on any atom is 0.337 e. The van der Waals surface area contributed by atoms with Crippen LogP contribution in [0.15, 0.2) is 71.2 Å². The number of methoxy groups -OCH3 is 1. The number of benzene rings is 2. The summed E-state index contributed by atoms with van der Waals surface area (Å²) in [6, 6.07) is 15.8. The lowest BCUT2D eigenvalue weighted by molar-refractivity contribution is 0.0600. The first-order valence-electron chi connectivity index (χ1n) is 8.77. The molecule has 5 nitrogen and oxygen atoms in total. The number of allylic oxidation sites excluding steroid dienone is 1. The van der Waals surface area contributed by atoms with Gasteiger partial charge in [-0.15, -0.1) is 0 Å². The van der Waals surface area contributed by atoms with E-state index in [0.29, 0.717) is 5.56 Å². The van der Waals surface area contributed by atoms with Crippen LogP contribution < -0.4 is 5.32 Å². The van der Waals surface area contributed by atoms with Crippen LogP contribution in [0.1, 0.15) is 27.0 Å². The number of rotatable bonds is 2. The van der Waals surface area contributed by atoms with Crippen LogP contribution in [0.5, 0.6) is 0 Å². The molecule has 27 heavy (non-hydrogen) atoms. The van der Waals surface area contributed by atoms with Crippen molar-refractivity contribution in [2.24, 2.45) is 4.99 Å². The highest BCUT2D eigenvalue weighted by Gasteiger charge is 2.34. The minimum absolute atomic E-state index is 0.334. The fraction of sp³-hybridized carbons (Fsp3) is 0.0909. The summed E-state index contributed by atoms with van der Waals surface area (Å²) in [6.45, 7) is 0.750. The number of esters is 1. The smallest absolute Gasteiger partial charge is 0.337 e. The first-order valence-corrected chi connectivity index (χ1v) is 8.77. The number of nitrogens with zero attached hydrogens (tertiary/aromatic N) is 2. The van der Waals surface area contributed by atoms with Gasteiger partial charge in [0.25, 0.3) is 0 Å². The molecule has 0 amide bonds. The lowest BCUT2D eigenvalue weighted by Crippen LogP contribution is -2.26. The Balaban J connectivity index is 1.65. The number of carbonyl (C=O) groups excluding carboxylic acids is 1. The van der Waals surface area contributed by atoms with Gasteiger partial charge in [0.2, 0.25) is 0 Å². The van der Waals surface area contributed by atoms with Crippen molar-refractivity contribution in [3.8, 4) is 0 Å². The number of hydrogen-bond donors (Lipinski definition) is 1. The fourth-order valence-electron chi connectivity index (χ4n) is 3.78. The monoisotopic (exact) mass is 355 g/mol. The lowest BCUT2D eigenvalue weighted by atomic mass is 10.0. The summed E-state index contributed by atoms with van der Waals surface area (Å²) in [6.07, 6.45) is 5.98. The number of ether oxygens (including phenoxy) is 1. The number of aliphatic imine (C=N–C) groups is 1. The van der Waals surface area contributed by atoms with Crippen LogP contribution in [0, 0.1) is 0 Å². The van der Waals surface area contributed by atoms with E-state index in [1.54, 1.807) is 6.07 Å². The SMILES string of the molecule is COC(=O)c1cccc(C=C2C3=C(NC=C4N=CCN43)c3ccccc32)c1. The van der Waals surface area contributed by atoms with E-state index in [-0.39, 0.29) is 5.97 Å². The van der Waals surface area contributed by atoms with Crippen molar-refractivity contribution >= 4 is 29.5 Å². The molecular weight excluding hydrogens is 338 g/mol. The minimum atomic E-state index is -0.334. The maximum absolute atomic E-state index is 11.9. The summed E-state index contributed by atoms with van der Waals surface area (Å²) in [5.41, 5.74) is 7.16. The van der Waals surface area contributed by atoms with Crippen LogP contribution in [-0.2, 0) is 4.74 Å². The molecule has 2 aromatic carbocycles. The zero-order chi connectivity index (χ0) is 18.4. The van der Waals surface area contributed by atoms with E-state index in [1.807, 2.05) is 42.7 Å². The molecule has 2 aromatic rings. The topological polar surface area (TPSA) is 53.9 Å². The molecular formula is C22H17N3O2. The third-order valence-corrected chi connectivity index (χ3v) is 4.98. The van der Waals surface area contributed by atoms with Gasteiger partial charge in [-0.25, -0.2) is 9.79 Å². The fourth-order valence-corrected chi connectivity index (χ4v) is 3.78. The maximum atomic E-state index is 11.9. The van der Waals surface area contributed by atoms with E-state index in [4.69, 9.17) is 4.74 Å². The highest BCUT2D eigenvalue weighted by Crippen LogP contribution is 2.45. The molecule has 0 saturated heterocycles. The highest BCUT2D eigenvalue weighted by atomic mass is 16.5.